The number of fused-ring (bicyclic) bond motifs is 1. The van der Waals surface area contributed by atoms with E-state index in [1.54, 1.807) is 31.2 Å². The minimum Gasteiger partial charge on any atom is -0.383 e. The lowest BCUT2D eigenvalue weighted by Crippen LogP contribution is -2.47. The number of aromatic nitrogens is 2. The van der Waals surface area contributed by atoms with Crippen molar-refractivity contribution in [1.29, 1.82) is 0 Å². The van der Waals surface area contributed by atoms with Crippen molar-refractivity contribution in [2.45, 2.75) is 13.1 Å². The predicted molar refractivity (Wildman–Crippen MR) is 139 cm³/mol. The average Bonchev–Trinajstić information content (AvgIpc) is 2.86. The predicted octanol–water partition coefficient (Wildman–Crippen LogP) is 3.13. The van der Waals surface area contributed by atoms with Crippen LogP contribution in [0.15, 0.2) is 47.5 Å². The van der Waals surface area contributed by atoms with Crippen molar-refractivity contribution in [2.24, 2.45) is 0 Å². The lowest BCUT2D eigenvalue weighted by molar-refractivity contribution is -0.131. The lowest BCUT2D eigenvalue weighted by atomic mass is 10.2. The maximum Gasteiger partial charge on any atom is 0.261 e. The highest BCUT2D eigenvalue weighted by atomic mass is 35.5. The summed E-state index contributed by atoms with van der Waals surface area (Å²) in [7, 11) is 3.40. The number of ether oxygens (including phenoxy) is 1. The molecule has 4 rings (SSSR count). The molecule has 1 aliphatic heterocycles. The topological polar surface area (TPSA) is 70.9 Å². The summed E-state index contributed by atoms with van der Waals surface area (Å²) < 4.78 is 6.54. The third-order valence-corrected chi connectivity index (χ3v) is 7.03. The summed E-state index contributed by atoms with van der Waals surface area (Å²) in [5, 5.41) is 1.41. The zero-order valence-electron chi connectivity index (χ0n) is 19.9. The van der Waals surface area contributed by atoms with E-state index in [0.717, 1.165) is 50.6 Å². The van der Waals surface area contributed by atoms with Crippen LogP contribution in [0.2, 0.25) is 10.0 Å². The maximum absolute atomic E-state index is 13.2. The van der Waals surface area contributed by atoms with Crippen LogP contribution in [0.3, 0.4) is 0 Å². The van der Waals surface area contributed by atoms with E-state index in [1.165, 1.54) is 10.9 Å². The van der Waals surface area contributed by atoms with Crippen molar-refractivity contribution in [3.05, 3.63) is 68.7 Å². The monoisotopic (exact) mass is 517 g/mol. The molecule has 0 unspecified atom stereocenters. The van der Waals surface area contributed by atoms with Crippen LogP contribution in [0.25, 0.3) is 10.9 Å². The van der Waals surface area contributed by atoms with Gasteiger partial charge in [0.15, 0.2) is 0 Å². The van der Waals surface area contributed by atoms with E-state index < -0.39 is 0 Å². The van der Waals surface area contributed by atoms with E-state index in [1.807, 2.05) is 24.3 Å². The highest BCUT2D eigenvalue weighted by Gasteiger charge is 2.18. The van der Waals surface area contributed by atoms with E-state index >= 15 is 0 Å². The van der Waals surface area contributed by atoms with Gasteiger partial charge in [0.1, 0.15) is 6.54 Å². The molecule has 0 atom stereocenters. The van der Waals surface area contributed by atoms with Gasteiger partial charge in [0.2, 0.25) is 5.91 Å². The molecule has 8 nitrogen and oxygen atoms in total. The number of halogens is 2. The van der Waals surface area contributed by atoms with Gasteiger partial charge in [-0.3, -0.25) is 19.1 Å². The van der Waals surface area contributed by atoms with E-state index in [9.17, 15) is 9.59 Å². The number of nitrogens with zero attached hydrogens (tertiary/aromatic N) is 5. The van der Waals surface area contributed by atoms with Crippen molar-refractivity contribution in [3.63, 3.8) is 0 Å². The number of carbonyl (C=O) groups is 1. The maximum atomic E-state index is 13.2. The molecule has 1 amide bonds. The molecule has 0 spiro atoms. The van der Waals surface area contributed by atoms with E-state index in [2.05, 4.69) is 14.8 Å². The van der Waals surface area contributed by atoms with Gasteiger partial charge in [-0.05, 0) is 35.9 Å². The quantitative estimate of drug-likeness (QED) is 0.457. The van der Waals surface area contributed by atoms with Gasteiger partial charge >= 0.3 is 0 Å². The van der Waals surface area contributed by atoms with Crippen LogP contribution in [0.1, 0.15) is 5.56 Å². The zero-order valence-corrected chi connectivity index (χ0v) is 21.4. The molecule has 1 fully saturated rings. The fraction of sp³-hybridized carbons (Fsp3) is 0.400. The number of piperazine rings is 1. The van der Waals surface area contributed by atoms with Gasteiger partial charge in [0.25, 0.3) is 5.56 Å². The summed E-state index contributed by atoms with van der Waals surface area (Å²) in [4.78, 5) is 36.7. The van der Waals surface area contributed by atoms with Crippen molar-refractivity contribution in [2.75, 3.05) is 58.4 Å². The summed E-state index contributed by atoms with van der Waals surface area (Å²) in [5.41, 5.74) is 2.23. The number of likely N-dealkylation sites (N-methyl/N-ethyl adjacent to an activating group) is 1. The van der Waals surface area contributed by atoms with Crippen LogP contribution in [-0.2, 0) is 22.6 Å². The molecule has 10 heteroatoms. The second-order valence-electron chi connectivity index (χ2n) is 8.70. The molecular formula is C25H29Cl2N5O3. The molecule has 0 saturated carbocycles. The van der Waals surface area contributed by atoms with Crippen molar-refractivity contribution >= 4 is 45.7 Å². The second kappa shape index (κ2) is 11.4. The zero-order chi connectivity index (χ0) is 24.9. The molecule has 0 radical (unpaired) electrons. The Kier molecular flexibility index (Phi) is 8.28. The minimum atomic E-state index is -0.230. The Hall–Kier alpha value is -2.65. The third-order valence-electron chi connectivity index (χ3n) is 6.29. The Morgan fingerprint density at radius 2 is 1.86 bits per heavy atom. The summed E-state index contributed by atoms with van der Waals surface area (Å²) in [6.45, 7) is 5.54. The third kappa shape index (κ3) is 6.13. The Labute approximate surface area is 214 Å². The van der Waals surface area contributed by atoms with Gasteiger partial charge in [-0.1, -0.05) is 29.3 Å². The van der Waals surface area contributed by atoms with Crippen LogP contribution in [0, 0.1) is 0 Å². The molecule has 1 aromatic heterocycles. The number of carbonyl (C=O) groups excluding carboxylic acids is 1. The van der Waals surface area contributed by atoms with Gasteiger partial charge in [-0.2, -0.15) is 0 Å². The van der Waals surface area contributed by atoms with Crippen LogP contribution >= 0.6 is 23.2 Å². The number of amides is 1. The molecule has 1 saturated heterocycles. The summed E-state index contributed by atoms with van der Waals surface area (Å²) in [5.74, 6) is -0.206. The molecule has 0 aliphatic carbocycles. The molecule has 1 aliphatic rings. The van der Waals surface area contributed by atoms with Gasteiger partial charge in [-0.25, -0.2) is 4.98 Å². The SMILES string of the molecule is COCCN1CCN(c2ccc3ncn(CC(=O)N(C)Cc4ccc(Cl)c(Cl)c4)c(=O)c3c2)CC1. The minimum absolute atomic E-state index is 0.0952. The Morgan fingerprint density at radius 3 is 2.57 bits per heavy atom. The molecule has 186 valence electrons. The van der Waals surface area contributed by atoms with Crippen LogP contribution < -0.4 is 10.5 Å². The molecule has 2 aromatic carbocycles. The second-order valence-corrected chi connectivity index (χ2v) is 9.51. The number of benzene rings is 2. The van der Waals surface area contributed by atoms with Crippen LogP contribution in [-0.4, -0.2) is 78.7 Å². The average molecular weight is 518 g/mol. The summed E-state index contributed by atoms with van der Waals surface area (Å²) in [6.07, 6.45) is 1.43. The fourth-order valence-electron chi connectivity index (χ4n) is 4.17. The van der Waals surface area contributed by atoms with Gasteiger partial charge < -0.3 is 14.5 Å². The number of anilines is 1. The Morgan fingerprint density at radius 1 is 1.09 bits per heavy atom. The van der Waals surface area contributed by atoms with Crippen molar-refractivity contribution < 1.29 is 9.53 Å². The van der Waals surface area contributed by atoms with Gasteiger partial charge in [0, 0.05) is 59.1 Å². The number of hydrogen-bond acceptors (Lipinski definition) is 6. The normalized spacial score (nSPS) is 14.5. The van der Waals surface area contributed by atoms with Gasteiger partial charge in [0.05, 0.1) is 33.9 Å². The van der Waals surface area contributed by atoms with Gasteiger partial charge in [-0.15, -0.1) is 0 Å². The molecule has 3 aromatic rings. The largest absolute Gasteiger partial charge is 0.383 e. The number of methoxy groups -OCH3 is 1. The first kappa shape index (κ1) is 25.4. The Bertz CT molecular complexity index is 1260. The standard InChI is InChI=1S/C25H29Cl2N5O3/c1-29(15-18-3-5-21(26)22(27)13-18)24(33)16-32-17-28-23-6-4-19(14-20(23)25(32)34)31-9-7-30(8-10-31)11-12-35-2/h3-6,13-14,17H,7-12,15-16H2,1-2H3. The van der Waals surface area contributed by atoms with Crippen LogP contribution in [0.5, 0.6) is 0 Å². The molecule has 0 N–H and O–H groups in total. The molecule has 0 bridgehead atoms. The molecular weight excluding hydrogens is 489 g/mol. The highest BCUT2D eigenvalue weighted by molar-refractivity contribution is 6.42. The Balaban J connectivity index is 1.46. The van der Waals surface area contributed by atoms with E-state index in [-0.39, 0.29) is 18.0 Å². The smallest absolute Gasteiger partial charge is 0.261 e. The first-order chi connectivity index (χ1) is 16.9. The van der Waals surface area contributed by atoms with E-state index in [0.29, 0.717) is 27.5 Å². The van der Waals surface area contributed by atoms with Crippen molar-refractivity contribution in [3.8, 4) is 0 Å². The summed E-state index contributed by atoms with van der Waals surface area (Å²) >= 11 is 12.0. The first-order valence-electron chi connectivity index (χ1n) is 11.5. The highest BCUT2D eigenvalue weighted by Crippen LogP contribution is 2.23. The number of rotatable bonds is 8. The van der Waals surface area contributed by atoms with Crippen LogP contribution in [0.4, 0.5) is 5.69 Å². The summed E-state index contributed by atoms with van der Waals surface area (Å²) in [6, 6.07) is 11.0. The first-order valence-corrected chi connectivity index (χ1v) is 12.2. The fourth-order valence-corrected chi connectivity index (χ4v) is 4.49. The molecule has 2 heterocycles. The number of hydrogen-bond donors (Lipinski definition) is 0. The van der Waals surface area contributed by atoms with E-state index in [4.69, 9.17) is 27.9 Å². The van der Waals surface area contributed by atoms with Crippen molar-refractivity contribution in [1.82, 2.24) is 19.4 Å². The lowest BCUT2D eigenvalue weighted by Gasteiger charge is -2.36. The molecule has 35 heavy (non-hydrogen) atoms.